The monoisotopic (exact) mass is 500 g/mol. The van der Waals surface area contributed by atoms with Gasteiger partial charge in [0.1, 0.15) is 0 Å². The van der Waals surface area contributed by atoms with E-state index >= 15 is 0 Å². The van der Waals surface area contributed by atoms with Gasteiger partial charge in [-0.25, -0.2) is 4.79 Å². The Hall–Kier alpha value is -2.95. The van der Waals surface area contributed by atoms with Crippen molar-refractivity contribution >= 4 is 27.8 Å². The number of amides is 1. The Kier molecular flexibility index (Phi) is 7.44. The number of piperazine rings is 1. The average molecular weight is 501 g/mol. The number of carbonyl (C=O) groups is 2. The van der Waals surface area contributed by atoms with E-state index in [2.05, 4.69) is 11.0 Å². The van der Waals surface area contributed by atoms with Gasteiger partial charge in [-0.2, -0.15) is 17.0 Å². The number of hydrogen-bond donors (Lipinski definition) is 0. The molecule has 0 unspecified atom stereocenters. The van der Waals surface area contributed by atoms with Crippen molar-refractivity contribution in [2.45, 2.75) is 26.4 Å². The molecule has 2 aliphatic heterocycles. The van der Waals surface area contributed by atoms with Crippen LogP contribution in [-0.2, 0) is 39.3 Å². The van der Waals surface area contributed by atoms with E-state index in [-0.39, 0.29) is 12.5 Å². The Morgan fingerprint density at radius 2 is 1.66 bits per heavy atom. The highest BCUT2D eigenvalue weighted by molar-refractivity contribution is 7.86. The van der Waals surface area contributed by atoms with E-state index in [0.717, 1.165) is 43.0 Å². The number of carbonyl (C=O) groups excluding carboxylic acids is 2. The first-order valence-corrected chi connectivity index (χ1v) is 13.1. The fraction of sp³-hybridized carbons (Fsp3) is 0.440. The lowest BCUT2D eigenvalue weighted by atomic mass is 10.00. The molecule has 0 saturated carbocycles. The van der Waals surface area contributed by atoms with E-state index in [9.17, 15) is 18.0 Å². The molecule has 0 spiro atoms. The maximum Gasteiger partial charge on any atom is 0.337 e. The summed E-state index contributed by atoms with van der Waals surface area (Å²) in [5.41, 5.74) is 4.52. The highest BCUT2D eigenvalue weighted by Gasteiger charge is 2.31. The molecule has 2 aromatic rings. The Morgan fingerprint density at radius 1 is 0.971 bits per heavy atom. The van der Waals surface area contributed by atoms with Gasteiger partial charge in [0.15, 0.2) is 0 Å². The lowest BCUT2D eigenvalue weighted by molar-refractivity contribution is -0.129. The van der Waals surface area contributed by atoms with Crippen LogP contribution in [0.1, 0.15) is 34.0 Å². The fourth-order valence-corrected chi connectivity index (χ4v) is 5.92. The van der Waals surface area contributed by atoms with Gasteiger partial charge in [-0.1, -0.05) is 18.2 Å². The zero-order valence-corrected chi connectivity index (χ0v) is 21.3. The zero-order chi connectivity index (χ0) is 25.2. The maximum atomic E-state index is 13.3. The SMILES string of the molecule is COC(=O)c1ccc(CN(C)S(=O)(=O)N2CCc3cc(N4CCN(C(C)=O)CC4)ccc3C2)cc1. The van der Waals surface area contributed by atoms with Crippen LogP contribution >= 0.6 is 0 Å². The Bertz CT molecular complexity index is 1190. The fourth-order valence-electron chi connectivity index (χ4n) is 4.59. The summed E-state index contributed by atoms with van der Waals surface area (Å²) in [5, 5.41) is 0. The minimum atomic E-state index is -3.65. The maximum absolute atomic E-state index is 13.3. The molecular formula is C25H32N4O5S. The van der Waals surface area contributed by atoms with Crippen LogP contribution in [0.4, 0.5) is 5.69 Å². The number of anilines is 1. The van der Waals surface area contributed by atoms with E-state index < -0.39 is 16.2 Å². The molecule has 35 heavy (non-hydrogen) atoms. The first kappa shape index (κ1) is 25.2. The molecule has 1 fully saturated rings. The summed E-state index contributed by atoms with van der Waals surface area (Å²) in [6.45, 7) is 5.59. The molecule has 188 valence electrons. The van der Waals surface area contributed by atoms with Gasteiger partial charge in [-0.3, -0.25) is 4.79 Å². The summed E-state index contributed by atoms with van der Waals surface area (Å²) in [5.74, 6) is -0.314. The van der Waals surface area contributed by atoms with Gasteiger partial charge in [-0.05, 0) is 47.4 Å². The van der Waals surface area contributed by atoms with Crippen molar-refractivity contribution in [3.8, 4) is 0 Å². The Balaban J connectivity index is 1.40. The summed E-state index contributed by atoms with van der Waals surface area (Å²) in [7, 11) is -0.755. The second-order valence-electron chi connectivity index (χ2n) is 8.98. The van der Waals surface area contributed by atoms with Gasteiger partial charge in [0.2, 0.25) is 5.91 Å². The van der Waals surface area contributed by atoms with Crippen molar-refractivity contribution in [2.75, 3.05) is 51.8 Å². The molecule has 0 N–H and O–H groups in total. The number of hydrogen-bond acceptors (Lipinski definition) is 6. The topological polar surface area (TPSA) is 90.5 Å². The molecule has 2 heterocycles. The number of nitrogens with zero attached hydrogens (tertiary/aromatic N) is 4. The molecule has 2 aliphatic rings. The second kappa shape index (κ2) is 10.3. The number of esters is 1. The van der Waals surface area contributed by atoms with Crippen LogP contribution in [0.2, 0.25) is 0 Å². The summed E-state index contributed by atoms with van der Waals surface area (Å²) in [4.78, 5) is 27.3. The number of ether oxygens (including phenoxy) is 1. The third kappa shape index (κ3) is 5.50. The van der Waals surface area contributed by atoms with Gasteiger partial charge in [-0.15, -0.1) is 0 Å². The number of fused-ring (bicyclic) bond motifs is 1. The first-order valence-electron chi connectivity index (χ1n) is 11.7. The quantitative estimate of drug-likeness (QED) is 0.563. The number of methoxy groups -OCH3 is 1. The van der Waals surface area contributed by atoms with Crippen LogP contribution in [0, 0.1) is 0 Å². The summed E-state index contributed by atoms with van der Waals surface area (Å²) >= 11 is 0. The van der Waals surface area contributed by atoms with Crippen LogP contribution in [-0.4, -0.2) is 80.7 Å². The zero-order valence-electron chi connectivity index (χ0n) is 20.4. The normalized spacial score (nSPS) is 16.8. The molecule has 1 saturated heterocycles. The van der Waals surface area contributed by atoms with Crippen molar-refractivity contribution in [3.05, 3.63) is 64.7 Å². The minimum Gasteiger partial charge on any atom is -0.465 e. The van der Waals surface area contributed by atoms with Crippen LogP contribution in [0.15, 0.2) is 42.5 Å². The molecule has 10 heteroatoms. The standard InChI is InChI=1S/C25H32N4O5S/c1-19(30)27-12-14-28(15-13-27)24-9-8-23-18-29(11-10-22(23)16-24)35(32,33)26(2)17-20-4-6-21(7-5-20)25(31)34-3/h4-9,16H,10-15,17-18H2,1-3H3. The molecular weight excluding hydrogens is 468 g/mol. The summed E-state index contributed by atoms with van der Waals surface area (Å²) in [6.07, 6.45) is 0.650. The molecule has 0 bridgehead atoms. The van der Waals surface area contributed by atoms with E-state index in [0.29, 0.717) is 25.1 Å². The van der Waals surface area contributed by atoms with Crippen molar-refractivity contribution in [1.29, 1.82) is 0 Å². The summed E-state index contributed by atoms with van der Waals surface area (Å²) in [6, 6.07) is 13.0. The lowest BCUT2D eigenvalue weighted by Crippen LogP contribution is -2.48. The predicted octanol–water partition coefficient (Wildman–Crippen LogP) is 1.88. The van der Waals surface area contributed by atoms with E-state index in [1.165, 1.54) is 21.3 Å². The molecule has 0 aliphatic carbocycles. The lowest BCUT2D eigenvalue weighted by Gasteiger charge is -2.36. The molecule has 2 aromatic carbocycles. The third-order valence-electron chi connectivity index (χ3n) is 6.76. The largest absolute Gasteiger partial charge is 0.465 e. The first-order chi connectivity index (χ1) is 16.7. The van der Waals surface area contributed by atoms with Crippen molar-refractivity contribution in [2.24, 2.45) is 0 Å². The van der Waals surface area contributed by atoms with Crippen LogP contribution in [0.3, 0.4) is 0 Å². The number of rotatable bonds is 6. The van der Waals surface area contributed by atoms with Gasteiger partial charge in [0.05, 0.1) is 12.7 Å². The number of benzene rings is 2. The van der Waals surface area contributed by atoms with Crippen LogP contribution in [0.25, 0.3) is 0 Å². The van der Waals surface area contributed by atoms with Gasteiger partial charge >= 0.3 is 5.97 Å². The molecule has 0 atom stereocenters. The van der Waals surface area contributed by atoms with Crippen molar-refractivity contribution < 1.29 is 22.7 Å². The molecule has 9 nitrogen and oxygen atoms in total. The van der Waals surface area contributed by atoms with Crippen LogP contribution < -0.4 is 4.90 Å². The molecule has 0 aromatic heterocycles. The van der Waals surface area contributed by atoms with Gasteiger partial charge in [0, 0.05) is 65.5 Å². The molecule has 4 rings (SSSR count). The van der Waals surface area contributed by atoms with E-state index in [4.69, 9.17) is 4.74 Å². The predicted molar refractivity (Wildman–Crippen MR) is 133 cm³/mol. The van der Waals surface area contributed by atoms with Crippen molar-refractivity contribution in [3.63, 3.8) is 0 Å². The van der Waals surface area contributed by atoms with Crippen LogP contribution in [0.5, 0.6) is 0 Å². The highest BCUT2D eigenvalue weighted by Crippen LogP contribution is 2.28. The molecule has 1 amide bonds. The van der Waals surface area contributed by atoms with Gasteiger partial charge in [0.25, 0.3) is 10.2 Å². The van der Waals surface area contributed by atoms with Gasteiger partial charge < -0.3 is 14.5 Å². The van der Waals surface area contributed by atoms with E-state index in [1.807, 2.05) is 17.0 Å². The average Bonchev–Trinajstić information content (AvgIpc) is 2.88. The minimum absolute atomic E-state index is 0.111. The highest BCUT2D eigenvalue weighted by atomic mass is 32.2. The Morgan fingerprint density at radius 3 is 2.29 bits per heavy atom. The smallest absolute Gasteiger partial charge is 0.337 e. The molecule has 0 radical (unpaired) electrons. The van der Waals surface area contributed by atoms with Crippen molar-refractivity contribution in [1.82, 2.24) is 13.5 Å². The van der Waals surface area contributed by atoms with E-state index in [1.54, 1.807) is 38.2 Å². The summed E-state index contributed by atoms with van der Waals surface area (Å²) < 4.78 is 34.1. The second-order valence-corrected chi connectivity index (χ2v) is 11.0. The third-order valence-corrected chi connectivity index (χ3v) is 8.64. The Labute approximate surface area is 207 Å².